The summed E-state index contributed by atoms with van der Waals surface area (Å²) in [7, 11) is 0. The van der Waals surface area contributed by atoms with Crippen molar-refractivity contribution in [1.82, 2.24) is 4.98 Å². The Kier molecular flexibility index (Phi) is 3.42. The van der Waals surface area contributed by atoms with Crippen LogP contribution in [-0.2, 0) is 0 Å². The smallest absolute Gasteiger partial charge is 0.0900 e. The van der Waals surface area contributed by atoms with E-state index in [1.807, 2.05) is 6.92 Å². The van der Waals surface area contributed by atoms with Crippen LogP contribution in [0.15, 0.2) is 24.3 Å². The van der Waals surface area contributed by atoms with Gasteiger partial charge >= 0.3 is 0 Å². The molecule has 1 aliphatic carbocycles. The molecule has 2 N–H and O–H groups in total. The van der Waals surface area contributed by atoms with Crippen molar-refractivity contribution in [2.75, 3.05) is 0 Å². The van der Waals surface area contributed by atoms with Gasteiger partial charge in [0.1, 0.15) is 0 Å². The zero-order valence-electron chi connectivity index (χ0n) is 11.5. The summed E-state index contributed by atoms with van der Waals surface area (Å²) < 4.78 is 0. The zero-order valence-corrected chi connectivity index (χ0v) is 12.3. The Morgan fingerprint density at radius 1 is 1.26 bits per heavy atom. The Bertz CT molecular complexity index is 584. The zero-order chi connectivity index (χ0) is 13.4. The lowest BCUT2D eigenvalue weighted by Crippen LogP contribution is -2.18. The van der Waals surface area contributed by atoms with Gasteiger partial charge in [0.05, 0.1) is 16.7 Å². The second-order valence-electron chi connectivity index (χ2n) is 5.42. The number of thiazole rings is 1. The van der Waals surface area contributed by atoms with E-state index in [4.69, 9.17) is 5.73 Å². The molecule has 1 aliphatic rings. The maximum Gasteiger partial charge on any atom is 0.0900 e. The molecule has 0 saturated heterocycles. The molecule has 1 unspecified atom stereocenters. The van der Waals surface area contributed by atoms with Gasteiger partial charge in [-0.05, 0) is 43.7 Å². The Labute approximate surface area is 118 Å². The Balaban J connectivity index is 1.99. The van der Waals surface area contributed by atoms with Crippen LogP contribution in [0.2, 0.25) is 0 Å². The van der Waals surface area contributed by atoms with Crippen LogP contribution < -0.4 is 5.73 Å². The minimum atomic E-state index is -0.0250. The Morgan fingerprint density at radius 2 is 2.00 bits per heavy atom. The molecule has 2 nitrogen and oxygen atoms in total. The third-order valence-electron chi connectivity index (χ3n) is 4.10. The molecule has 100 valence electrons. The van der Waals surface area contributed by atoms with Gasteiger partial charge in [0.2, 0.25) is 0 Å². The number of nitrogens with zero attached hydrogens (tertiary/aromatic N) is 1. The second-order valence-corrected chi connectivity index (χ2v) is 6.65. The van der Waals surface area contributed by atoms with E-state index in [0.29, 0.717) is 0 Å². The molecule has 1 aromatic heterocycles. The van der Waals surface area contributed by atoms with Gasteiger partial charge in [0, 0.05) is 4.88 Å². The summed E-state index contributed by atoms with van der Waals surface area (Å²) in [5.41, 5.74) is 10.3. The molecule has 1 heterocycles. The van der Waals surface area contributed by atoms with Crippen LogP contribution in [0.1, 0.15) is 57.9 Å². The molecular formula is C16H20N2S. The molecule has 0 radical (unpaired) electrons. The van der Waals surface area contributed by atoms with E-state index in [-0.39, 0.29) is 6.04 Å². The molecule has 0 amide bonds. The highest BCUT2D eigenvalue weighted by Crippen LogP contribution is 2.41. The lowest BCUT2D eigenvalue weighted by molar-refractivity contribution is 0.416. The summed E-state index contributed by atoms with van der Waals surface area (Å²) in [6.07, 6.45) is 3.97. The largest absolute Gasteiger partial charge is 0.320 e. The van der Waals surface area contributed by atoms with Crippen LogP contribution in [0.3, 0.4) is 0 Å². The predicted octanol–water partition coefficient (Wildman–Crippen LogP) is 4.08. The summed E-state index contributed by atoms with van der Waals surface area (Å²) in [6.45, 7) is 4.11. The quantitative estimate of drug-likeness (QED) is 0.914. The van der Waals surface area contributed by atoms with Crippen molar-refractivity contribution in [1.29, 1.82) is 0 Å². The van der Waals surface area contributed by atoms with E-state index in [2.05, 4.69) is 36.2 Å². The second kappa shape index (κ2) is 5.06. The van der Waals surface area contributed by atoms with Crippen molar-refractivity contribution in [2.24, 2.45) is 5.73 Å². The van der Waals surface area contributed by atoms with Crippen LogP contribution >= 0.6 is 11.3 Å². The summed E-state index contributed by atoms with van der Waals surface area (Å²) in [5.74, 6) is 0.719. The van der Waals surface area contributed by atoms with Crippen molar-refractivity contribution < 1.29 is 0 Å². The number of rotatable bonds is 3. The standard InChI is InChI=1S/C16H20N2S/c1-10-16(19-11(2)18-10)15(17)14-9-4-3-8-13(14)12-6-5-7-12/h3-4,8-9,12,15H,5-7,17H2,1-2H3. The van der Waals surface area contributed by atoms with Crippen LogP contribution in [0.25, 0.3) is 0 Å². The van der Waals surface area contributed by atoms with Gasteiger partial charge in [0.25, 0.3) is 0 Å². The highest BCUT2D eigenvalue weighted by atomic mass is 32.1. The fourth-order valence-corrected chi connectivity index (χ4v) is 3.81. The highest BCUT2D eigenvalue weighted by molar-refractivity contribution is 7.11. The average Bonchev–Trinajstić information content (AvgIpc) is 2.66. The predicted molar refractivity (Wildman–Crippen MR) is 80.7 cm³/mol. The molecule has 3 rings (SSSR count). The Morgan fingerprint density at radius 3 is 2.58 bits per heavy atom. The molecule has 1 fully saturated rings. The van der Waals surface area contributed by atoms with Crippen molar-refractivity contribution in [3.8, 4) is 0 Å². The molecule has 0 aliphatic heterocycles. The van der Waals surface area contributed by atoms with Crippen LogP contribution in [0.5, 0.6) is 0 Å². The van der Waals surface area contributed by atoms with Gasteiger partial charge in [0.15, 0.2) is 0 Å². The first-order valence-corrected chi connectivity index (χ1v) is 7.77. The van der Waals surface area contributed by atoms with Crippen molar-refractivity contribution in [2.45, 2.75) is 45.1 Å². The monoisotopic (exact) mass is 272 g/mol. The first-order valence-electron chi connectivity index (χ1n) is 6.95. The van der Waals surface area contributed by atoms with E-state index in [1.165, 1.54) is 35.3 Å². The van der Waals surface area contributed by atoms with Gasteiger partial charge in [-0.3, -0.25) is 0 Å². The van der Waals surface area contributed by atoms with E-state index >= 15 is 0 Å². The number of nitrogens with two attached hydrogens (primary N) is 1. The number of hydrogen-bond donors (Lipinski definition) is 1. The van der Waals surface area contributed by atoms with E-state index in [1.54, 1.807) is 11.3 Å². The van der Waals surface area contributed by atoms with E-state index < -0.39 is 0 Å². The van der Waals surface area contributed by atoms with Gasteiger partial charge in [-0.1, -0.05) is 30.7 Å². The average molecular weight is 272 g/mol. The molecule has 3 heteroatoms. The van der Waals surface area contributed by atoms with Crippen LogP contribution in [0, 0.1) is 13.8 Å². The number of benzene rings is 1. The number of aromatic nitrogens is 1. The first-order chi connectivity index (χ1) is 9.16. The maximum atomic E-state index is 6.52. The number of hydrogen-bond acceptors (Lipinski definition) is 3. The fraction of sp³-hybridized carbons (Fsp3) is 0.438. The van der Waals surface area contributed by atoms with Crippen LogP contribution in [0.4, 0.5) is 0 Å². The minimum absolute atomic E-state index is 0.0250. The summed E-state index contributed by atoms with van der Waals surface area (Å²) in [6, 6.07) is 8.65. The highest BCUT2D eigenvalue weighted by Gasteiger charge is 2.25. The third-order valence-corrected chi connectivity index (χ3v) is 5.25. The number of aryl methyl sites for hydroxylation is 2. The maximum absolute atomic E-state index is 6.52. The first kappa shape index (κ1) is 12.8. The van der Waals surface area contributed by atoms with Crippen molar-refractivity contribution in [3.63, 3.8) is 0 Å². The molecule has 1 saturated carbocycles. The van der Waals surface area contributed by atoms with Gasteiger partial charge < -0.3 is 5.73 Å². The molecule has 1 aromatic carbocycles. The lowest BCUT2D eigenvalue weighted by Gasteiger charge is -2.29. The van der Waals surface area contributed by atoms with Gasteiger partial charge in [-0.25, -0.2) is 4.98 Å². The molecular weight excluding hydrogens is 252 g/mol. The lowest BCUT2D eigenvalue weighted by atomic mass is 9.77. The van der Waals surface area contributed by atoms with E-state index in [9.17, 15) is 0 Å². The summed E-state index contributed by atoms with van der Waals surface area (Å²) >= 11 is 1.73. The van der Waals surface area contributed by atoms with Crippen molar-refractivity contribution in [3.05, 3.63) is 51.0 Å². The summed E-state index contributed by atoms with van der Waals surface area (Å²) in [5, 5.41) is 1.10. The van der Waals surface area contributed by atoms with Crippen molar-refractivity contribution >= 4 is 11.3 Å². The van der Waals surface area contributed by atoms with Gasteiger partial charge in [-0.2, -0.15) is 0 Å². The fourth-order valence-electron chi connectivity index (χ4n) is 2.86. The summed E-state index contributed by atoms with van der Waals surface area (Å²) in [4.78, 5) is 5.72. The SMILES string of the molecule is Cc1nc(C)c(C(N)c2ccccc2C2CCC2)s1. The Hall–Kier alpha value is -1.19. The molecule has 1 atom stereocenters. The van der Waals surface area contributed by atoms with E-state index in [0.717, 1.165) is 16.6 Å². The van der Waals surface area contributed by atoms with Crippen LogP contribution in [-0.4, -0.2) is 4.98 Å². The normalized spacial score (nSPS) is 17.2. The molecule has 0 bridgehead atoms. The van der Waals surface area contributed by atoms with Gasteiger partial charge in [-0.15, -0.1) is 11.3 Å². The third kappa shape index (κ3) is 2.33. The molecule has 0 spiro atoms. The molecule has 2 aromatic rings. The topological polar surface area (TPSA) is 38.9 Å². The molecule has 19 heavy (non-hydrogen) atoms. The minimum Gasteiger partial charge on any atom is -0.320 e.